The summed E-state index contributed by atoms with van der Waals surface area (Å²) in [6, 6.07) is 12.2. The maximum absolute atomic E-state index is 12.6. The molecule has 0 saturated heterocycles. The van der Waals surface area contributed by atoms with Crippen molar-refractivity contribution in [2.24, 2.45) is 5.41 Å². The number of hydrogen-bond donors (Lipinski definition) is 2. The maximum atomic E-state index is 12.6. The first-order valence-electron chi connectivity index (χ1n) is 8.12. The summed E-state index contributed by atoms with van der Waals surface area (Å²) in [5, 5.41) is 6.34. The fourth-order valence-electron chi connectivity index (χ4n) is 2.60. The second-order valence-electron chi connectivity index (χ2n) is 6.20. The number of hydrogen-bond acceptors (Lipinski definition) is 3. The van der Waals surface area contributed by atoms with Crippen molar-refractivity contribution in [2.75, 3.05) is 12.4 Å². The highest BCUT2D eigenvalue weighted by Gasteiger charge is 2.56. The lowest BCUT2D eigenvalue weighted by atomic mass is 10.0. The van der Waals surface area contributed by atoms with Crippen molar-refractivity contribution in [3.63, 3.8) is 0 Å². The maximum Gasteiger partial charge on any atom is 0.240 e. The zero-order valence-electron chi connectivity index (χ0n) is 14.1. The van der Waals surface area contributed by atoms with E-state index in [9.17, 15) is 9.59 Å². The minimum Gasteiger partial charge on any atom is -0.497 e. The minimum atomic E-state index is -1.02. The third kappa shape index (κ3) is 3.94. The van der Waals surface area contributed by atoms with Gasteiger partial charge in [0.25, 0.3) is 0 Å². The highest BCUT2D eigenvalue weighted by molar-refractivity contribution is 6.42. The van der Waals surface area contributed by atoms with E-state index in [1.54, 1.807) is 25.3 Å². The molecule has 0 atom stereocenters. The molecular weight excluding hydrogens is 375 g/mol. The average Bonchev–Trinajstić information content (AvgIpc) is 3.45. The predicted molar refractivity (Wildman–Crippen MR) is 102 cm³/mol. The largest absolute Gasteiger partial charge is 0.497 e. The van der Waals surface area contributed by atoms with Crippen LogP contribution < -0.4 is 15.4 Å². The standard InChI is InChI=1S/C19H18Cl2N2O3/c1-26-14-5-2-12(3-6-14)11-22-17(24)19(8-9-19)18(25)23-13-4-7-15(20)16(21)10-13/h2-7,10H,8-9,11H2,1H3,(H,22,24)(H,23,25). The molecule has 7 heteroatoms. The molecular formula is C19H18Cl2N2O3. The summed E-state index contributed by atoms with van der Waals surface area (Å²) in [6.45, 7) is 0.352. The van der Waals surface area contributed by atoms with Crippen molar-refractivity contribution in [1.29, 1.82) is 0 Å². The molecule has 0 unspecified atom stereocenters. The summed E-state index contributed by atoms with van der Waals surface area (Å²) in [5.74, 6) is 0.147. The number of benzene rings is 2. The van der Waals surface area contributed by atoms with Gasteiger partial charge < -0.3 is 15.4 Å². The molecule has 2 aromatic carbocycles. The topological polar surface area (TPSA) is 67.4 Å². The monoisotopic (exact) mass is 392 g/mol. The van der Waals surface area contributed by atoms with Crippen molar-refractivity contribution >= 4 is 40.7 Å². The van der Waals surface area contributed by atoms with E-state index in [4.69, 9.17) is 27.9 Å². The van der Waals surface area contributed by atoms with Crippen LogP contribution in [0.4, 0.5) is 5.69 Å². The molecule has 0 aliphatic heterocycles. The Balaban J connectivity index is 1.60. The van der Waals surface area contributed by atoms with Crippen LogP contribution in [0.2, 0.25) is 10.0 Å². The van der Waals surface area contributed by atoms with Crippen molar-refractivity contribution in [3.05, 3.63) is 58.1 Å². The van der Waals surface area contributed by atoms with Crippen molar-refractivity contribution in [3.8, 4) is 5.75 Å². The van der Waals surface area contributed by atoms with Gasteiger partial charge in [0, 0.05) is 12.2 Å². The van der Waals surface area contributed by atoms with Gasteiger partial charge in [-0.1, -0.05) is 35.3 Å². The van der Waals surface area contributed by atoms with Crippen LogP contribution in [0, 0.1) is 5.41 Å². The van der Waals surface area contributed by atoms with Crippen LogP contribution in [0.15, 0.2) is 42.5 Å². The Kier molecular flexibility index (Phi) is 5.39. The molecule has 3 rings (SSSR count). The number of carbonyl (C=O) groups is 2. The Labute approximate surface area is 161 Å². The summed E-state index contributed by atoms with van der Waals surface area (Å²) in [6.07, 6.45) is 1.04. The van der Waals surface area contributed by atoms with Gasteiger partial charge in [-0.15, -0.1) is 0 Å². The summed E-state index contributed by atoms with van der Waals surface area (Å²) in [7, 11) is 1.60. The van der Waals surface area contributed by atoms with Gasteiger partial charge in [-0.05, 0) is 48.7 Å². The van der Waals surface area contributed by atoms with Crippen molar-refractivity contribution < 1.29 is 14.3 Å². The normalized spacial score (nSPS) is 14.4. The van der Waals surface area contributed by atoms with E-state index < -0.39 is 5.41 Å². The van der Waals surface area contributed by atoms with E-state index in [2.05, 4.69) is 10.6 Å². The number of anilines is 1. The quantitative estimate of drug-likeness (QED) is 0.728. The molecule has 2 amide bonds. The number of methoxy groups -OCH3 is 1. The highest BCUT2D eigenvalue weighted by atomic mass is 35.5. The minimum absolute atomic E-state index is 0.272. The molecule has 1 aliphatic rings. The molecule has 0 heterocycles. The SMILES string of the molecule is COc1ccc(CNC(=O)C2(C(=O)Nc3ccc(Cl)c(Cl)c3)CC2)cc1. The van der Waals surface area contributed by atoms with E-state index in [1.807, 2.05) is 24.3 Å². The molecule has 5 nitrogen and oxygen atoms in total. The molecule has 0 radical (unpaired) electrons. The first-order valence-corrected chi connectivity index (χ1v) is 8.88. The van der Waals surface area contributed by atoms with Gasteiger partial charge in [0.2, 0.25) is 11.8 Å². The zero-order chi connectivity index (χ0) is 18.7. The first-order chi connectivity index (χ1) is 12.4. The smallest absolute Gasteiger partial charge is 0.240 e. The Hall–Kier alpha value is -2.24. The third-order valence-corrected chi connectivity index (χ3v) is 5.15. The molecule has 0 bridgehead atoms. The second kappa shape index (κ2) is 7.56. The van der Waals surface area contributed by atoms with E-state index in [0.717, 1.165) is 11.3 Å². The molecule has 2 aromatic rings. The Bertz CT molecular complexity index is 833. The average molecular weight is 393 g/mol. The van der Waals surface area contributed by atoms with Crippen LogP contribution in [0.3, 0.4) is 0 Å². The second-order valence-corrected chi connectivity index (χ2v) is 7.01. The lowest BCUT2D eigenvalue weighted by Crippen LogP contribution is -2.39. The third-order valence-electron chi connectivity index (χ3n) is 4.41. The van der Waals surface area contributed by atoms with Gasteiger partial charge in [0.15, 0.2) is 0 Å². The fourth-order valence-corrected chi connectivity index (χ4v) is 2.90. The summed E-state index contributed by atoms with van der Waals surface area (Å²) < 4.78 is 5.10. The van der Waals surface area contributed by atoms with Crippen molar-refractivity contribution in [1.82, 2.24) is 5.32 Å². The molecule has 136 valence electrons. The molecule has 2 N–H and O–H groups in total. The van der Waals surface area contributed by atoms with Gasteiger partial charge in [0.05, 0.1) is 17.2 Å². The number of amides is 2. The van der Waals surface area contributed by atoms with Gasteiger partial charge >= 0.3 is 0 Å². The first kappa shape index (κ1) is 18.5. The van der Waals surface area contributed by atoms with E-state index in [0.29, 0.717) is 35.1 Å². The lowest BCUT2D eigenvalue weighted by Gasteiger charge is -2.16. The molecule has 26 heavy (non-hydrogen) atoms. The predicted octanol–water partition coefficient (Wildman–Crippen LogP) is 4.04. The van der Waals surface area contributed by atoms with Gasteiger partial charge in [-0.3, -0.25) is 9.59 Å². The van der Waals surface area contributed by atoms with Gasteiger partial charge in [0.1, 0.15) is 11.2 Å². The highest BCUT2D eigenvalue weighted by Crippen LogP contribution is 2.47. The van der Waals surface area contributed by atoms with E-state index in [1.165, 1.54) is 0 Å². The van der Waals surface area contributed by atoms with Crippen LogP contribution in [0.25, 0.3) is 0 Å². The fraction of sp³-hybridized carbons (Fsp3) is 0.263. The molecule has 1 saturated carbocycles. The number of nitrogens with one attached hydrogen (secondary N) is 2. The number of rotatable bonds is 6. The summed E-state index contributed by atoms with van der Waals surface area (Å²) in [4.78, 5) is 25.1. The van der Waals surface area contributed by atoms with Crippen LogP contribution >= 0.6 is 23.2 Å². The molecule has 0 aromatic heterocycles. The zero-order valence-corrected chi connectivity index (χ0v) is 15.7. The van der Waals surface area contributed by atoms with E-state index in [-0.39, 0.29) is 11.8 Å². The van der Waals surface area contributed by atoms with Crippen LogP contribution in [0.1, 0.15) is 18.4 Å². The lowest BCUT2D eigenvalue weighted by molar-refractivity contribution is -0.134. The number of carbonyl (C=O) groups excluding carboxylic acids is 2. The summed E-state index contributed by atoms with van der Waals surface area (Å²) in [5.41, 5.74) is 0.428. The van der Waals surface area contributed by atoms with Crippen LogP contribution in [-0.4, -0.2) is 18.9 Å². The van der Waals surface area contributed by atoms with Gasteiger partial charge in [-0.25, -0.2) is 0 Å². The number of halogens is 2. The summed E-state index contributed by atoms with van der Waals surface area (Å²) >= 11 is 11.8. The van der Waals surface area contributed by atoms with Gasteiger partial charge in [-0.2, -0.15) is 0 Å². The molecule has 1 fully saturated rings. The Morgan fingerprint density at radius 2 is 1.73 bits per heavy atom. The molecule has 1 aliphatic carbocycles. The Morgan fingerprint density at radius 3 is 2.31 bits per heavy atom. The molecule has 0 spiro atoms. The van der Waals surface area contributed by atoms with Crippen LogP contribution in [0.5, 0.6) is 5.75 Å². The van der Waals surface area contributed by atoms with Crippen LogP contribution in [-0.2, 0) is 16.1 Å². The Morgan fingerprint density at radius 1 is 1.04 bits per heavy atom. The van der Waals surface area contributed by atoms with Crippen molar-refractivity contribution in [2.45, 2.75) is 19.4 Å². The van der Waals surface area contributed by atoms with E-state index >= 15 is 0 Å². The number of ether oxygens (including phenoxy) is 1.